The first-order valence-electron chi connectivity index (χ1n) is 9.61. The third kappa shape index (κ3) is 4.40. The van der Waals surface area contributed by atoms with Crippen molar-refractivity contribution in [2.24, 2.45) is 0 Å². The van der Waals surface area contributed by atoms with Crippen molar-refractivity contribution in [3.63, 3.8) is 0 Å². The molecule has 3 rings (SSSR count). The van der Waals surface area contributed by atoms with E-state index in [0.29, 0.717) is 26.1 Å². The minimum absolute atomic E-state index is 0.0219. The molecule has 0 aliphatic carbocycles. The van der Waals surface area contributed by atoms with Gasteiger partial charge >= 0.3 is 6.03 Å². The summed E-state index contributed by atoms with van der Waals surface area (Å²) in [7, 11) is 0. The van der Waals surface area contributed by atoms with Gasteiger partial charge in [0.15, 0.2) is 0 Å². The van der Waals surface area contributed by atoms with Crippen molar-refractivity contribution in [2.45, 2.75) is 51.7 Å². The fraction of sp³-hybridized carbons (Fsp3) is 0.550. The van der Waals surface area contributed by atoms with Gasteiger partial charge in [0.25, 0.3) is 5.91 Å². The second-order valence-corrected chi connectivity index (χ2v) is 7.16. The molecule has 0 saturated carbocycles. The Balaban J connectivity index is 1.48. The molecule has 0 unspecified atom stereocenters. The fourth-order valence-electron chi connectivity index (χ4n) is 3.55. The van der Waals surface area contributed by atoms with Crippen LogP contribution in [-0.2, 0) is 9.59 Å². The molecule has 0 spiro atoms. The number of benzene rings is 1. The summed E-state index contributed by atoms with van der Waals surface area (Å²) in [5.74, 6) is 0.492. The van der Waals surface area contributed by atoms with Crippen LogP contribution in [-0.4, -0.2) is 59.4 Å². The molecule has 7 heteroatoms. The van der Waals surface area contributed by atoms with E-state index in [1.807, 2.05) is 38.1 Å². The van der Waals surface area contributed by atoms with E-state index in [4.69, 9.17) is 4.74 Å². The van der Waals surface area contributed by atoms with Gasteiger partial charge in [0.05, 0.1) is 6.42 Å². The highest BCUT2D eigenvalue weighted by Gasteiger charge is 2.39. The largest absolute Gasteiger partial charge is 0.490 e. The summed E-state index contributed by atoms with van der Waals surface area (Å²) in [4.78, 5) is 39.6. The second kappa shape index (κ2) is 8.41. The fourth-order valence-corrected chi connectivity index (χ4v) is 3.55. The summed E-state index contributed by atoms with van der Waals surface area (Å²) in [5, 5.41) is 2.62. The molecule has 1 aromatic carbocycles. The van der Waals surface area contributed by atoms with E-state index in [1.165, 1.54) is 4.90 Å². The molecule has 1 N–H and O–H groups in total. The average Bonchev–Trinajstić information content (AvgIpc) is 2.92. The van der Waals surface area contributed by atoms with Crippen LogP contribution in [0.2, 0.25) is 0 Å². The van der Waals surface area contributed by atoms with Gasteiger partial charge in [-0.3, -0.25) is 14.5 Å². The first kappa shape index (κ1) is 19.2. The van der Waals surface area contributed by atoms with Crippen molar-refractivity contribution >= 4 is 17.8 Å². The monoisotopic (exact) mass is 373 g/mol. The Bertz CT molecular complexity index is 713. The number of piperidine rings is 1. The normalized spacial score (nSPS) is 20.7. The molecule has 2 aliphatic heterocycles. The van der Waals surface area contributed by atoms with Gasteiger partial charge in [-0.2, -0.15) is 0 Å². The quantitative estimate of drug-likeness (QED) is 0.775. The third-order valence-electron chi connectivity index (χ3n) is 5.11. The maximum atomic E-state index is 12.6. The molecule has 7 nitrogen and oxygen atoms in total. The van der Waals surface area contributed by atoms with E-state index < -0.39 is 12.1 Å². The molecular formula is C20H27N3O4. The molecule has 0 aromatic heterocycles. The second-order valence-electron chi connectivity index (χ2n) is 7.16. The number of aryl methyl sites for hydroxylation is 1. The van der Waals surface area contributed by atoms with Gasteiger partial charge in [-0.1, -0.05) is 25.1 Å². The zero-order valence-corrected chi connectivity index (χ0v) is 15.9. The highest BCUT2D eigenvalue weighted by molar-refractivity contribution is 6.05. The number of carbonyl (C=O) groups is 3. The van der Waals surface area contributed by atoms with Crippen molar-refractivity contribution in [1.29, 1.82) is 0 Å². The van der Waals surface area contributed by atoms with E-state index in [0.717, 1.165) is 24.2 Å². The number of hydrogen-bond acceptors (Lipinski definition) is 4. The number of nitrogens with one attached hydrogen (secondary N) is 1. The van der Waals surface area contributed by atoms with Gasteiger partial charge in [-0.25, -0.2) is 4.79 Å². The molecule has 2 fully saturated rings. The minimum atomic E-state index is -0.738. The molecule has 1 aromatic rings. The van der Waals surface area contributed by atoms with Crippen molar-refractivity contribution < 1.29 is 19.1 Å². The summed E-state index contributed by atoms with van der Waals surface area (Å²) in [6.07, 6.45) is 2.32. The van der Waals surface area contributed by atoms with Crippen LogP contribution in [0, 0.1) is 6.92 Å². The number of carbonyl (C=O) groups excluding carboxylic acids is 3. The van der Waals surface area contributed by atoms with Crippen molar-refractivity contribution in [2.75, 3.05) is 19.6 Å². The molecular weight excluding hydrogens is 346 g/mol. The van der Waals surface area contributed by atoms with Crippen molar-refractivity contribution in [1.82, 2.24) is 15.1 Å². The molecule has 0 radical (unpaired) electrons. The highest BCUT2D eigenvalue weighted by Crippen LogP contribution is 2.23. The number of nitrogens with zero attached hydrogens (tertiary/aromatic N) is 2. The summed E-state index contributed by atoms with van der Waals surface area (Å²) in [6.45, 7) is 5.51. The van der Waals surface area contributed by atoms with Crippen molar-refractivity contribution in [3.05, 3.63) is 29.8 Å². The predicted octanol–water partition coefficient (Wildman–Crippen LogP) is 2.09. The van der Waals surface area contributed by atoms with Crippen LogP contribution in [0.4, 0.5) is 4.79 Å². The zero-order chi connectivity index (χ0) is 19.4. The summed E-state index contributed by atoms with van der Waals surface area (Å²) < 4.78 is 6.06. The maximum absolute atomic E-state index is 12.6. The minimum Gasteiger partial charge on any atom is -0.490 e. The molecule has 2 aliphatic rings. The Hall–Kier alpha value is -2.57. The Morgan fingerprint density at radius 1 is 1.22 bits per heavy atom. The van der Waals surface area contributed by atoms with E-state index in [2.05, 4.69) is 5.32 Å². The lowest BCUT2D eigenvalue weighted by Gasteiger charge is -2.33. The van der Waals surface area contributed by atoms with Gasteiger partial charge in [0, 0.05) is 32.5 Å². The van der Waals surface area contributed by atoms with Crippen LogP contribution in [0.5, 0.6) is 5.75 Å². The number of rotatable bonds is 6. The lowest BCUT2D eigenvalue weighted by molar-refractivity contribution is -0.137. The maximum Gasteiger partial charge on any atom is 0.324 e. The van der Waals surface area contributed by atoms with Crippen LogP contribution >= 0.6 is 0 Å². The third-order valence-corrected chi connectivity index (χ3v) is 5.11. The lowest BCUT2D eigenvalue weighted by Crippen LogP contribution is -2.44. The topological polar surface area (TPSA) is 79.0 Å². The highest BCUT2D eigenvalue weighted by atomic mass is 16.5. The van der Waals surface area contributed by atoms with E-state index in [-0.39, 0.29) is 24.3 Å². The number of urea groups is 1. The number of imide groups is 1. The van der Waals surface area contributed by atoms with E-state index >= 15 is 0 Å². The summed E-state index contributed by atoms with van der Waals surface area (Å²) in [5.41, 5.74) is 1.10. The van der Waals surface area contributed by atoms with E-state index in [1.54, 1.807) is 4.90 Å². The number of ether oxygens (including phenoxy) is 1. The Morgan fingerprint density at radius 2 is 1.93 bits per heavy atom. The predicted molar refractivity (Wildman–Crippen MR) is 100 cm³/mol. The number of likely N-dealkylation sites (tertiary alicyclic amines) is 1. The molecule has 146 valence electrons. The first-order chi connectivity index (χ1) is 13.0. The Labute approximate surface area is 159 Å². The number of amides is 4. The molecule has 1 atom stereocenters. The molecule has 0 bridgehead atoms. The summed E-state index contributed by atoms with van der Waals surface area (Å²) in [6, 6.07) is 6.78. The average molecular weight is 373 g/mol. The Kier molecular flexibility index (Phi) is 5.98. The van der Waals surface area contributed by atoms with Gasteiger partial charge in [-0.05, 0) is 25.0 Å². The Morgan fingerprint density at radius 3 is 2.59 bits per heavy atom. The molecule has 4 amide bonds. The van der Waals surface area contributed by atoms with Crippen LogP contribution < -0.4 is 10.1 Å². The lowest BCUT2D eigenvalue weighted by atomic mass is 10.1. The molecule has 2 heterocycles. The van der Waals surface area contributed by atoms with Crippen LogP contribution in [0.3, 0.4) is 0 Å². The van der Waals surface area contributed by atoms with E-state index in [9.17, 15) is 14.4 Å². The van der Waals surface area contributed by atoms with Crippen LogP contribution in [0.15, 0.2) is 24.3 Å². The molecule has 27 heavy (non-hydrogen) atoms. The van der Waals surface area contributed by atoms with Crippen LogP contribution in [0.25, 0.3) is 0 Å². The number of para-hydroxylation sites is 1. The first-order valence-corrected chi connectivity index (χ1v) is 9.61. The van der Waals surface area contributed by atoms with Crippen molar-refractivity contribution in [3.8, 4) is 5.75 Å². The zero-order valence-electron chi connectivity index (χ0n) is 15.9. The van der Waals surface area contributed by atoms with Gasteiger partial charge in [0.2, 0.25) is 5.91 Å². The van der Waals surface area contributed by atoms with Crippen LogP contribution in [0.1, 0.15) is 38.2 Å². The van der Waals surface area contributed by atoms with Gasteiger partial charge < -0.3 is 15.0 Å². The number of hydrogen-bond donors (Lipinski definition) is 1. The van der Waals surface area contributed by atoms with Gasteiger partial charge in [-0.15, -0.1) is 0 Å². The summed E-state index contributed by atoms with van der Waals surface area (Å²) >= 11 is 0. The SMILES string of the molecule is CCCN1C(=O)N[C@@H](CC(=O)N2CCC(Oc3ccccc3C)CC2)C1=O. The van der Waals surface area contributed by atoms with Gasteiger partial charge in [0.1, 0.15) is 17.9 Å². The smallest absolute Gasteiger partial charge is 0.324 e. The standard InChI is InChI=1S/C20H27N3O4/c1-3-10-23-19(25)16(21-20(23)26)13-18(24)22-11-8-15(9-12-22)27-17-7-5-4-6-14(17)2/h4-7,15-16H,3,8-13H2,1-2H3,(H,21,26)/t16-/m0/s1. The molecule has 2 saturated heterocycles.